The van der Waals surface area contributed by atoms with Gasteiger partial charge in [0.1, 0.15) is 5.56 Å². The van der Waals surface area contributed by atoms with Crippen LogP contribution in [0.1, 0.15) is 28.8 Å². The highest BCUT2D eigenvalue weighted by atomic mass is 35.5. The van der Waals surface area contributed by atoms with E-state index in [9.17, 15) is 4.79 Å². The molecule has 2 aromatic heterocycles. The second-order valence-corrected chi connectivity index (χ2v) is 7.09. The van der Waals surface area contributed by atoms with Gasteiger partial charge in [-0.1, -0.05) is 61.0 Å². The lowest BCUT2D eigenvalue weighted by Gasteiger charge is -2.12. The Balaban J connectivity index is 1.57. The van der Waals surface area contributed by atoms with E-state index in [1.54, 1.807) is 16.9 Å². The number of nitrogens with zero attached hydrogens (tertiary/aromatic N) is 3. The van der Waals surface area contributed by atoms with Crippen molar-refractivity contribution in [1.82, 2.24) is 19.9 Å². The van der Waals surface area contributed by atoms with E-state index >= 15 is 0 Å². The number of benzene rings is 2. The molecule has 1 amide bonds. The van der Waals surface area contributed by atoms with Gasteiger partial charge in [-0.15, -0.1) is 0 Å². The van der Waals surface area contributed by atoms with Crippen LogP contribution in [0, 0.1) is 0 Å². The highest BCUT2D eigenvalue weighted by Crippen LogP contribution is 2.23. The van der Waals surface area contributed by atoms with Gasteiger partial charge in [0, 0.05) is 23.3 Å². The highest BCUT2D eigenvalue weighted by Gasteiger charge is 2.17. The first kappa shape index (κ1) is 18.2. The summed E-state index contributed by atoms with van der Waals surface area (Å²) < 4.78 is 1.68. The van der Waals surface area contributed by atoms with E-state index in [0.717, 1.165) is 11.3 Å². The van der Waals surface area contributed by atoms with Gasteiger partial charge in [0.2, 0.25) is 0 Å². The zero-order chi connectivity index (χ0) is 19.5. The van der Waals surface area contributed by atoms with Gasteiger partial charge in [-0.05, 0) is 29.7 Å². The maximum absolute atomic E-state index is 12.7. The molecule has 0 bridgehead atoms. The van der Waals surface area contributed by atoms with E-state index in [-0.39, 0.29) is 11.8 Å². The van der Waals surface area contributed by atoms with Crippen molar-refractivity contribution in [2.45, 2.75) is 12.8 Å². The molecular weight excluding hydrogens is 372 g/mol. The van der Waals surface area contributed by atoms with Crippen molar-refractivity contribution in [3.05, 3.63) is 89.2 Å². The van der Waals surface area contributed by atoms with Crippen LogP contribution in [0.25, 0.3) is 16.9 Å². The predicted molar refractivity (Wildman–Crippen MR) is 111 cm³/mol. The molecule has 1 N–H and O–H groups in total. The Kier molecular flexibility index (Phi) is 5.08. The average Bonchev–Trinajstić information content (AvgIpc) is 3.17. The largest absolute Gasteiger partial charge is 0.351 e. The number of hydrogen-bond acceptors (Lipinski definition) is 3. The van der Waals surface area contributed by atoms with Crippen LogP contribution >= 0.6 is 11.6 Å². The second kappa shape index (κ2) is 7.82. The molecular formula is C22H19ClN4O. The molecule has 4 aromatic rings. The Morgan fingerprint density at radius 2 is 1.86 bits per heavy atom. The Morgan fingerprint density at radius 3 is 2.61 bits per heavy atom. The SMILES string of the molecule is CC(CNC(=O)c1cnn2c(-c3ccc(Cl)cc3)ccnc12)c1ccccc1. The Bertz CT molecular complexity index is 1110. The Morgan fingerprint density at radius 1 is 1.11 bits per heavy atom. The summed E-state index contributed by atoms with van der Waals surface area (Å²) in [6, 6.07) is 19.5. The molecule has 0 aliphatic heterocycles. The molecule has 0 aliphatic carbocycles. The molecule has 1 atom stereocenters. The molecule has 28 heavy (non-hydrogen) atoms. The van der Waals surface area contributed by atoms with Crippen LogP contribution in [0.15, 0.2) is 73.1 Å². The minimum absolute atomic E-state index is 0.182. The molecule has 0 radical (unpaired) electrons. The summed E-state index contributed by atoms with van der Waals surface area (Å²) in [4.78, 5) is 17.1. The summed E-state index contributed by atoms with van der Waals surface area (Å²) in [5.41, 5.74) is 3.96. The summed E-state index contributed by atoms with van der Waals surface area (Å²) in [6.07, 6.45) is 3.24. The van der Waals surface area contributed by atoms with Crippen LogP contribution in [0.2, 0.25) is 5.02 Å². The van der Waals surface area contributed by atoms with Crippen molar-refractivity contribution in [3.8, 4) is 11.3 Å². The molecule has 0 spiro atoms. The number of nitrogens with one attached hydrogen (secondary N) is 1. The van der Waals surface area contributed by atoms with Gasteiger partial charge >= 0.3 is 0 Å². The van der Waals surface area contributed by atoms with Crippen molar-refractivity contribution < 1.29 is 4.79 Å². The normalized spacial score (nSPS) is 12.1. The topological polar surface area (TPSA) is 59.3 Å². The minimum atomic E-state index is -0.182. The smallest absolute Gasteiger partial charge is 0.256 e. The Hall–Kier alpha value is -3.18. The Labute approximate surface area is 168 Å². The molecule has 1 unspecified atom stereocenters. The lowest BCUT2D eigenvalue weighted by molar-refractivity contribution is 0.0953. The van der Waals surface area contributed by atoms with Crippen LogP contribution in [0.5, 0.6) is 0 Å². The number of fused-ring (bicyclic) bond motifs is 1. The van der Waals surface area contributed by atoms with Gasteiger partial charge in [0.15, 0.2) is 5.65 Å². The molecule has 140 valence electrons. The average molecular weight is 391 g/mol. The monoisotopic (exact) mass is 390 g/mol. The van der Waals surface area contributed by atoms with Crippen molar-refractivity contribution in [3.63, 3.8) is 0 Å². The van der Waals surface area contributed by atoms with Gasteiger partial charge in [0.25, 0.3) is 5.91 Å². The third-order valence-corrected chi connectivity index (χ3v) is 4.98. The second-order valence-electron chi connectivity index (χ2n) is 6.65. The molecule has 6 heteroatoms. The number of aromatic nitrogens is 3. The van der Waals surface area contributed by atoms with E-state index in [0.29, 0.717) is 22.8 Å². The molecule has 2 heterocycles. The number of halogens is 1. The van der Waals surface area contributed by atoms with Crippen LogP contribution in [0.4, 0.5) is 0 Å². The lowest BCUT2D eigenvalue weighted by atomic mass is 10.0. The van der Waals surface area contributed by atoms with Crippen LogP contribution in [-0.4, -0.2) is 27.0 Å². The zero-order valence-corrected chi connectivity index (χ0v) is 16.1. The summed E-state index contributed by atoms with van der Waals surface area (Å²) in [6.45, 7) is 2.62. The first-order valence-electron chi connectivity index (χ1n) is 9.05. The van der Waals surface area contributed by atoms with Crippen molar-refractivity contribution in [2.24, 2.45) is 0 Å². The molecule has 0 saturated carbocycles. The molecule has 0 fully saturated rings. The number of carbonyl (C=O) groups is 1. The standard InChI is InChI=1S/C22H19ClN4O/c1-15(16-5-3-2-4-6-16)13-25-22(28)19-14-26-27-20(11-12-24-21(19)27)17-7-9-18(23)10-8-17/h2-12,14-15H,13H2,1H3,(H,25,28). The summed E-state index contributed by atoms with van der Waals surface area (Å²) in [5, 5.41) is 8.05. The zero-order valence-electron chi connectivity index (χ0n) is 15.3. The van der Waals surface area contributed by atoms with E-state index in [1.165, 1.54) is 5.56 Å². The number of hydrogen-bond donors (Lipinski definition) is 1. The predicted octanol–water partition coefficient (Wildman–Crippen LogP) is 4.58. The van der Waals surface area contributed by atoms with Crippen molar-refractivity contribution in [1.29, 1.82) is 0 Å². The molecule has 0 aliphatic rings. The third kappa shape index (κ3) is 3.62. The first-order chi connectivity index (χ1) is 13.6. The first-order valence-corrected chi connectivity index (χ1v) is 9.43. The van der Waals surface area contributed by atoms with Crippen molar-refractivity contribution in [2.75, 3.05) is 6.54 Å². The quantitative estimate of drug-likeness (QED) is 0.542. The fraction of sp³-hybridized carbons (Fsp3) is 0.136. The van der Waals surface area contributed by atoms with Crippen LogP contribution in [0.3, 0.4) is 0 Å². The van der Waals surface area contributed by atoms with E-state index in [1.807, 2.05) is 48.5 Å². The maximum Gasteiger partial charge on any atom is 0.256 e. The van der Waals surface area contributed by atoms with Gasteiger partial charge in [0.05, 0.1) is 11.9 Å². The van der Waals surface area contributed by atoms with E-state index in [2.05, 4.69) is 34.5 Å². The fourth-order valence-corrected chi connectivity index (χ4v) is 3.26. The number of carbonyl (C=O) groups excluding carboxylic acids is 1. The molecule has 0 saturated heterocycles. The molecule has 2 aromatic carbocycles. The lowest BCUT2D eigenvalue weighted by Crippen LogP contribution is -2.27. The van der Waals surface area contributed by atoms with Gasteiger partial charge in [-0.2, -0.15) is 5.10 Å². The van der Waals surface area contributed by atoms with Crippen LogP contribution in [-0.2, 0) is 0 Å². The fourth-order valence-electron chi connectivity index (χ4n) is 3.13. The summed E-state index contributed by atoms with van der Waals surface area (Å²) in [7, 11) is 0. The third-order valence-electron chi connectivity index (χ3n) is 4.72. The van der Waals surface area contributed by atoms with Gasteiger partial charge in [-0.25, -0.2) is 9.50 Å². The van der Waals surface area contributed by atoms with E-state index in [4.69, 9.17) is 11.6 Å². The molecule has 5 nitrogen and oxygen atoms in total. The minimum Gasteiger partial charge on any atom is -0.351 e. The van der Waals surface area contributed by atoms with Gasteiger partial charge < -0.3 is 5.32 Å². The number of rotatable bonds is 5. The van der Waals surface area contributed by atoms with E-state index < -0.39 is 0 Å². The van der Waals surface area contributed by atoms with Gasteiger partial charge in [-0.3, -0.25) is 4.79 Å². The van der Waals surface area contributed by atoms with Crippen LogP contribution < -0.4 is 5.32 Å². The van der Waals surface area contributed by atoms with Crippen molar-refractivity contribution >= 4 is 23.2 Å². The molecule has 4 rings (SSSR count). The highest BCUT2D eigenvalue weighted by molar-refractivity contribution is 6.30. The summed E-state index contributed by atoms with van der Waals surface area (Å²) in [5.74, 6) is 0.0307. The maximum atomic E-state index is 12.7. The summed E-state index contributed by atoms with van der Waals surface area (Å²) >= 11 is 5.98. The number of amides is 1.